The van der Waals surface area contributed by atoms with E-state index < -0.39 is 5.41 Å². The van der Waals surface area contributed by atoms with E-state index in [2.05, 4.69) is 0 Å². The highest BCUT2D eigenvalue weighted by molar-refractivity contribution is 5.67. The summed E-state index contributed by atoms with van der Waals surface area (Å²) in [7, 11) is 0. The van der Waals surface area contributed by atoms with Gasteiger partial charge in [-0.05, 0) is 45.4 Å². The number of hydrogen-bond acceptors (Lipinski definition) is 2. The Labute approximate surface area is 91.3 Å². The molecule has 0 saturated carbocycles. The van der Waals surface area contributed by atoms with Crippen LogP contribution >= 0.6 is 0 Å². The maximum absolute atomic E-state index is 10.9. The second-order valence-corrected chi connectivity index (χ2v) is 4.53. The molecule has 1 aromatic rings. The molecule has 0 amide bonds. The molecule has 0 aliphatic rings. The Morgan fingerprint density at radius 2 is 1.73 bits per heavy atom. The standard InChI is InChI=1S/C13H18O2/c1-10(2)15-12-7-5-11(6-8-12)13(3,4)9-14/h5-10H,1-4H3. The van der Waals surface area contributed by atoms with Crippen LogP contribution in [0.5, 0.6) is 5.75 Å². The molecule has 0 aliphatic heterocycles. The lowest BCUT2D eigenvalue weighted by molar-refractivity contribution is -0.111. The predicted octanol–water partition coefficient (Wildman–Crippen LogP) is 2.95. The molecule has 0 spiro atoms. The van der Waals surface area contributed by atoms with Crippen molar-refractivity contribution in [2.24, 2.45) is 0 Å². The van der Waals surface area contributed by atoms with Crippen LogP contribution in [0.4, 0.5) is 0 Å². The van der Waals surface area contributed by atoms with E-state index >= 15 is 0 Å². The Morgan fingerprint density at radius 1 is 1.20 bits per heavy atom. The molecule has 0 heterocycles. The lowest BCUT2D eigenvalue weighted by atomic mass is 9.86. The van der Waals surface area contributed by atoms with Crippen molar-refractivity contribution in [1.82, 2.24) is 0 Å². The molecular weight excluding hydrogens is 188 g/mol. The van der Waals surface area contributed by atoms with E-state index in [4.69, 9.17) is 4.74 Å². The number of ether oxygens (including phenoxy) is 1. The summed E-state index contributed by atoms with van der Waals surface area (Å²) in [6.45, 7) is 7.78. The van der Waals surface area contributed by atoms with E-state index in [9.17, 15) is 4.79 Å². The van der Waals surface area contributed by atoms with E-state index in [1.54, 1.807) is 0 Å². The minimum atomic E-state index is -0.420. The smallest absolute Gasteiger partial charge is 0.129 e. The van der Waals surface area contributed by atoms with Gasteiger partial charge in [-0.1, -0.05) is 12.1 Å². The summed E-state index contributed by atoms with van der Waals surface area (Å²) in [6.07, 6.45) is 1.14. The molecule has 0 aliphatic carbocycles. The molecule has 15 heavy (non-hydrogen) atoms. The second-order valence-electron chi connectivity index (χ2n) is 4.53. The van der Waals surface area contributed by atoms with Gasteiger partial charge in [0, 0.05) is 5.41 Å². The van der Waals surface area contributed by atoms with Crippen LogP contribution < -0.4 is 4.74 Å². The third-order valence-electron chi connectivity index (χ3n) is 2.26. The van der Waals surface area contributed by atoms with Crippen molar-refractivity contribution in [3.8, 4) is 5.75 Å². The fraction of sp³-hybridized carbons (Fsp3) is 0.462. The lowest BCUT2D eigenvalue weighted by Crippen LogP contribution is -2.18. The molecule has 0 radical (unpaired) electrons. The summed E-state index contributed by atoms with van der Waals surface area (Å²) in [5, 5.41) is 0. The minimum Gasteiger partial charge on any atom is -0.491 e. The normalized spacial score (nSPS) is 11.5. The van der Waals surface area contributed by atoms with Gasteiger partial charge in [0.2, 0.25) is 0 Å². The van der Waals surface area contributed by atoms with Gasteiger partial charge in [0.1, 0.15) is 12.0 Å². The Morgan fingerprint density at radius 3 is 2.13 bits per heavy atom. The zero-order valence-corrected chi connectivity index (χ0v) is 9.78. The van der Waals surface area contributed by atoms with Gasteiger partial charge in [-0.15, -0.1) is 0 Å². The average molecular weight is 206 g/mol. The highest BCUT2D eigenvalue weighted by atomic mass is 16.5. The first-order chi connectivity index (χ1) is 6.95. The fourth-order valence-electron chi connectivity index (χ4n) is 1.30. The van der Waals surface area contributed by atoms with Crippen LogP contribution in [0.2, 0.25) is 0 Å². The van der Waals surface area contributed by atoms with Crippen LogP contribution in [0, 0.1) is 0 Å². The number of carbonyl (C=O) groups excluding carboxylic acids is 1. The van der Waals surface area contributed by atoms with E-state index in [0.29, 0.717) is 0 Å². The van der Waals surface area contributed by atoms with Crippen molar-refractivity contribution >= 4 is 6.29 Å². The summed E-state index contributed by atoms with van der Waals surface area (Å²) in [5.74, 6) is 0.843. The number of benzene rings is 1. The quantitative estimate of drug-likeness (QED) is 0.708. The van der Waals surface area contributed by atoms with Gasteiger partial charge in [0.05, 0.1) is 6.10 Å². The number of carbonyl (C=O) groups is 1. The molecule has 0 N–H and O–H groups in total. The monoisotopic (exact) mass is 206 g/mol. The molecule has 0 saturated heterocycles. The Bertz CT molecular complexity index is 323. The van der Waals surface area contributed by atoms with Crippen molar-refractivity contribution < 1.29 is 9.53 Å². The summed E-state index contributed by atoms with van der Waals surface area (Å²) in [4.78, 5) is 10.9. The SMILES string of the molecule is CC(C)Oc1ccc(C(C)(C)C=O)cc1. The fourth-order valence-corrected chi connectivity index (χ4v) is 1.30. The zero-order valence-electron chi connectivity index (χ0n) is 9.78. The van der Waals surface area contributed by atoms with Crippen LogP contribution in [0.3, 0.4) is 0 Å². The third kappa shape index (κ3) is 3.08. The molecule has 1 aromatic carbocycles. The van der Waals surface area contributed by atoms with Gasteiger partial charge in [-0.2, -0.15) is 0 Å². The van der Waals surface area contributed by atoms with Gasteiger partial charge >= 0.3 is 0 Å². The predicted molar refractivity (Wildman–Crippen MR) is 61.3 cm³/mol. The molecule has 0 atom stereocenters. The molecular formula is C13H18O2. The summed E-state index contributed by atoms with van der Waals surface area (Å²) < 4.78 is 5.53. The molecule has 0 bridgehead atoms. The maximum atomic E-state index is 10.9. The summed E-state index contributed by atoms with van der Waals surface area (Å²) in [5.41, 5.74) is 0.588. The Kier molecular flexibility index (Phi) is 3.51. The lowest BCUT2D eigenvalue weighted by Gasteiger charge is -2.18. The zero-order chi connectivity index (χ0) is 11.5. The van der Waals surface area contributed by atoms with Crippen molar-refractivity contribution in [3.05, 3.63) is 29.8 Å². The van der Waals surface area contributed by atoms with Crippen molar-refractivity contribution in [1.29, 1.82) is 0 Å². The molecule has 0 fully saturated rings. The molecule has 2 nitrogen and oxygen atoms in total. The first-order valence-electron chi connectivity index (χ1n) is 5.19. The third-order valence-corrected chi connectivity index (χ3v) is 2.26. The van der Waals surface area contributed by atoms with Gasteiger partial charge in [0.15, 0.2) is 0 Å². The average Bonchev–Trinajstić information content (AvgIpc) is 2.18. The van der Waals surface area contributed by atoms with E-state index in [0.717, 1.165) is 17.6 Å². The number of hydrogen-bond donors (Lipinski definition) is 0. The second kappa shape index (κ2) is 4.47. The Balaban J connectivity index is 2.85. The van der Waals surface area contributed by atoms with Crippen molar-refractivity contribution in [2.45, 2.75) is 39.2 Å². The van der Waals surface area contributed by atoms with Crippen LogP contribution in [-0.4, -0.2) is 12.4 Å². The van der Waals surface area contributed by atoms with Crippen LogP contribution in [-0.2, 0) is 10.2 Å². The Hall–Kier alpha value is -1.31. The van der Waals surface area contributed by atoms with Gasteiger partial charge in [-0.25, -0.2) is 0 Å². The van der Waals surface area contributed by atoms with Gasteiger partial charge in [0.25, 0.3) is 0 Å². The van der Waals surface area contributed by atoms with Gasteiger partial charge < -0.3 is 9.53 Å². The van der Waals surface area contributed by atoms with E-state index in [-0.39, 0.29) is 6.10 Å². The minimum absolute atomic E-state index is 0.176. The largest absolute Gasteiger partial charge is 0.491 e. The van der Waals surface area contributed by atoms with E-state index in [1.807, 2.05) is 52.0 Å². The first-order valence-corrected chi connectivity index (χ1v) is 5.19. The molecule has 82 valence electrons. The molecule has 0 aromatic heterocycles. The first kappa shape index (κ1) is 11.8. The molecule has 1 rings (SSSR count). The van der Waals surface area contributed by atoms with E-state index in [1.165, 1.54) is 0 Å². The molecule has 2 heteroatoms. The summed E-state index contributed by atoms with van der Waals surface area (Å²) >= 11 is 0. The molecule has 0 unspecified atom stereocenters. The van der Waals surface area contributed by atoms with Crippen molar-refractivity contribution in [3.63, 3.8) is 0 Å². The summed E-state index contributed by atoms with van der Waals surface area (Å²) in [6, 6.07) is 7.68. The van der Waals surface area contributed by atoms with Crippen LogP contribution in [0.1, 0.15) is 33.3 Å². The number of aldehydes is 1. The number of rotatable bonds is 4. The van der Waals surface area contributed by atoms with Crippen LogP contribution in [0.15, 0.2) is 24.3 Å². The van der Waals surface area contributed by atoms with Gasteiger partial charge in [-0.3, -0.25) is 0 Å². The van der Waals surface area contributed by atoms with Crippen molar-refractivity contribution in [2.75, 3.05) is 0 Å². The highest BCUT2D eigenvalue weighted by Gasteiger charge is 2.18. The maximum Gasteiger partial charge on any atom is 0.129 e. The highest BCUT2D eigenvalue weighted by Crippen LogP contribution is 2.23. The van der Waals surface area contributed by atoms with Crippen LogP contribution in [0.25, 0.3) is 0 Å². The topological polar surface area (TPSA) is 26.3 Å².